The van der Waals surface area contributed by atoms with Gasteiger partial charge in [0.1, 0.15) is 17.3 Å². The summed E-state index contributed by atoms with van der Waals surface area (Å²) in [4.78, 5) is 38.8. The molecule has 3 amide bonds. The smallest absolute Gasteiger partial charge is 0.282 e. The Hall–Kier alpha value is -4.33. The Kier molecular flexibility index (Phi) is 5.98. The van der Waals surface area contributed by atoms with Crippen molar-refractivity contribution in [2.24, 2.45) is 0 Å². The predicted octanol–water partition coefficient (Wildman–Crippen LogP) is 4.94. The zero-order valence-electron chi connectivity index (χ0n) is 18.7. The third kappa shape index (κ3) is 4.30. The van der Waals surface area contributed by atoms with Crippen molar-refractivity contribution in [1.82, 2.24) is 0 Å². The highest BCUT2D eigenvalue weighted by atomic mass is 19.1. The van der Waals surface area contributed by atoms with Crippen molar-refractivity contribution in [2.75, 3.05) is 15.5 Å². The summed E-state index contributed by atoms with van der Waals surface area (Å²) in [7, 11) is 0. The summed E-state index contributed by atoms with van der Waals surface area (Å²) in [5, 5.41) is 5.61. The van der Waals surface area contributed by atoms with E-state index < -0.39 is 29.1 Å². The van der Waals surface area contributed by atoms with Crippen LogP contribution in [-0.2, 0) is 14.4 Å². The van der Waals surface area contributed by atoms with Gasteiger partial charge in [0, 0.05) is 24.4 Å². The Balaban J connectivity index is 1.81. The van der Waals surface area contributed by atoms with E-state index in [1.807, 2.05) is 13.0 Å². The van der Waals surface area contributed by atoms with Crippen LogP contribution in [0.25, 0.3) is 5.57 Å². The van der Waals surface area contributed by atoms with Crippen LogP contribution < -0.4 is 15.5 Å². The van der Waals surface area contributed by atoms with Crippen LogP contribution in [0.2, 0.25) is 0 Å². The van der Waals surface area contributed by atoms with E-state index >= 15 is 0 Å². The number of aryl methyl sites for hydroxylation is 2. The van der Waals surface area contributed by atoms with Gasteiger partial charge in [0.15, 0.2) is 0 Å². The van der Waals surface area contributed by atoms with E-state index in [1.165, 1.54) is 6.92 Å². The first kappa shape index (κ1) is 22.8. The molecule has 1 heterocycles. The van der Waals surface area contributed by atoms with E-state index in [4.69, 9.17) is 0 Å². The molecule has 0 radical (unpaired) electrons. The molecule has 0 spiro atoms. The van der Waals surface area contributed by atoms with Gasteiger partial charge in [-0.05, 0) is 61.4 Å². The molecule has 0 aromatic heterocycles. The fourth-order valence-electron chi connectivity index (χ4n) is 3.85. The Morgan fingerprint density at radius 2 is 1.53 bits per heavy atom. The van der Waals surface area contributed by atoms with Gasteiger partial charge in [0.2, 0.25) is 5.91 Å². The third-order valence-corrected chi connectivity index (χ3v) is 5.36. The molecule has 34 heavy (non-hydrogen) atoms. The number of carbonyl (C=O) groups excluding carboxylic acids is 3. The Bertz CT molecular complexity index is 1360. The second-order valence-corrected chi connectivity index (χ2v) is 7.99. The number of imide groups is 1. The van der Waals surface area contributed by atoms with E-state index in [2.05, 4.69) is 10.6 Å². The largest absolute Gasteiger partial charge is 0.350 e. The number of nitrogens with one attached hydrogen (secondary N) is 2. The highest BCUT2D eigenvalue weighted by molar-refractivity contribution is 6.46. The lowest BCUT2D eigenvalue weighted by Gasteiger charge is -2.16. The molecule has 1 aliphatic rings. The molecule has 6 nitrogen and oxygen atoms in total. The maximum atomic E-state index is 14.5. The van der Waals surface area contributed by atoms with Crippen LogP contribution in [0.1, 0.15) is 23.6 Å². The molecule has 1 aliphatic heterocycles. The lowest BCUT2D eigenvalue weighted by molar-refractivity contribution is -0.120. The maximum absolute atomic E-state index is 14.5. The van der Waals surface area contributed by atoms with Gasteiger partial charge in [-0.15, -0.1) is 0 Å². The van der Waals surface area contributed by atoms with Gasteiger partial charge in [0.25, 0.3) is 11.8 Å². The van der Waals surface area contributed by atoms with Crippen LogP contribution in [-0.4, -0.2) is 17.7 Å². The third-order valence-electron chi connectivity index (χ3n) is 5.36. The molecule has 2 N–H and O–H groups in total. The van der Waals surface area contributed by atoms with E-state index in [1.54, 1.807) is 43.3 Å². The molecular formula is C26H21F2N3O3. The van der Waals surface area contributed by atoms with Gasteiger partial charge in [0.05, 0.1) is 11.3 Å². The number of rotatable bonds is 5. The fraction of sp³-hybridized carbons (Fsp3) is 0.115. The first-order valence-corrected chi connectivity index (χ1v) is 10.5. The summed E-state index contributed by atoms with van der Waals surface area (Å²) in [5.74, 6) is -3.48. The van der Waals surface area contributed by atoms with Crippen molar-refractivity contribution in [3.8, 4) is 0 Å². The molecule has 0 atom stereocenters. The van der Waals surface area contributed by atoms with Crippen LogP contribution in [0.5, 0.6) is 0 Å². The first-order valence-electron chi connectivity index (χ1n) is 10.5. The van der Waals surface area contributed by atoms with Gasteiger partial charge >= 0.3 is 0 Å². The Morgan fingerprint density at radius 1 is 0.853 bits per heavy atom. The lowest BCUT2D eigenvalue weighted by atomic mass is 9.97. The molecular weight excluding hydrogens is 440 g/mol. The highest BCUT2D eigenvalue weighted by Gasteiger charge is 2.42. The van der Waals surface area contributed by atoms with Gasteiger partial charge in [-0.1, -0.05) is 23.8 Å². The van der Waals surface area contributed by atoms with E-state index in [0.29, 0.717) is 21.8 Å². The Morgan fingerprint density at radius 3 is 2.18 bits per heavy atom. The summed E-state index contributed by atoms with van der Waals surface area (Å²) in [6, 6.07) is 14.5. The van der Waals surface area contributed by atoms with E-state index in [9.17, 15) is 23.2 Å². The molecule has 8 heteroatoms. The molecule has 4 rings (SSSR count). The first-order chi connectivity index (χ1) is 16.2. The van der Waals surface area contributed by atoms with Crippen molar-refractivity contribution in [3.63, 3.8) is 0 Å². The number of anilines is 3. The maximum Gasteiger partial charge on any atom is 0.282 e. The molecule has 0 fully saturated rings. The zero-order valence-corrected chi connectivity index (χ0v) is 18.7. The SMILES string of the molecule is CC(=O)Nc1ccc(NC2=C(c3ccc(C)cc3C)C(=O)N(c3cc(F)ccc3F)C2=O)cc1. The number of carbonyl (C=O) groups is 3. The van der Waals surface area contributed by atoms with Gasteiger partial charge in [-0.3, -0.25) is 14.4 Å². The molecule has 0 unspecified atom stereocenters. The van der Waals surface area contributed by atoms with Crippen LogP contribution in [0.3, 0.4) is 0 Å². The summed E-state index contributed by atoms with van der Waals surface area (Å²) < 4.78 is 28.4. The molecule has 3 aromatic rings. The number of hydrogen-bond donors (Lipinski definition) is 2. The van der Waals surface area contributed by atoms with Gasteiger partial charge in [-0.25, -0.2) is 13.7 Å². The summed E-state index contributed by atoms with van der Waals surface area (Å²) in [6.07, 6.45) is 0. The predicted molar refractivity (Wildman–Crippen MR) is 126 cm³/mol. The minimum atomic E-state index is -0.899. The van der Waals surface area contributed by atoms with Crippen molar-refractivity contribution < 1.29 is 23.2 Å². The fourth-order valence-corrected chi connectivity index (χ4v) is 3.85. The minimum Gasteiger partial charge on any atom is -0.350 e. The van der Waals surface area contributed by atoms with Crippen molar-refractivity contribution in [1.29, 1.82) is 0 Å². The minimum absolute atomic E-state index is 0.0529. The molecule has 172 valence electrons. The standard InChI is InChI=1S/C26H21F2N3O3/c1-14-4-10-20(15(2)12-14)23-24(30-19-8-6-18(7-9-19)29-16(3)32)26(34)31(25(23)33)22-13-17(27)5-11-21(22)28/h4-13,30H,1-3H3,(H,29,32). The van der Waals surface area contributed by atoms with Crippen LogP contribution in [0, 0.1) is 25.5 Å². The van der Waals surface area contributed by atoms with Crippen molar-refractivity contribution in [3.05, 3.63) is 94.7 Å². The normalized spacial score (nSPS) is 13.5. The van der Waals surface area contributed by atoms with Crippen molar-refractivity contribution in [2.45, 2.75) is 20.8 Å². The van der Waals surface area contributed by atoms with Gasteiger partial charge < -0.3 is 10.6 Å². The zero-order chi connectivity index (χ0) is 24.6. The number of halogens is 2. The summed E-state index contributed by atoms with van der Waals surface area (Å²) in [5.41, 5.74) is 2.77. The topological polar surface area (TPSA) is 78.5 Å². The summed E-state index contributed by atoms with van der Waals surface area (Å²) in [6.45, 7) is 5.09. The second-order valence-electron chi connectivity index (χ2n) is 7.99. The molecule has 0 bridgehead atoms. The number of benzene rings is 3. The van der Waals surface area contributed by atoms with Crippen LogP contribution in [0.15, 0.2) is 66.4 Å². The average Bonchev–Trinajstić information content (AvgIpc) is 3.00. The second kappa shape index (κ2) is 8.90. The van der Waals surface area contributed by atoms with Crippen LogP contribution >= 0.6 is 0 Å². The van der Waals surface area contributed by atoms with Gasteiger partial charge in [-0.2, -0.15) is 0 Å². The lowest BCUT2D eigenvalue weighted by Crippen LogP contribution is -2.33. The number of amides is 3. The number of hydrogen-bond acceptors (Lipinski definition) is 4. The van der Waals surface area contributed by atoms with Crippen LogP contribution in [0.4, 0.5) is 25.8 Å². The highest BCUT2D eigenvalue weighted by Crippen LogP contribution is 2.36. The monoisotopic (exact) mass is 461 g/mol. The number of nitrogens with zero attached hydrogens (tertiary/aromatic N) is 1. The molecule has 0 saturated heterocycles. The average molecular weight is 461 g/mol. The molecule has 0 saturated carbocycles. The van der Waals surface area contributed by atoms with E-state index in [-0.39, 0.29) is 17.2 Å². The summed E-state index contributed by atoms with van der Waals surface area (Å²) >= 11 is 0. The quantitative estimate of drug-likeness (QED) is 0.528. The molecule has 3 aromatic carbocycles. The van der Waals surface area contributed by atoms with Crippen molar-refractivity contribution >= 4 is 40.4 Å². The Labute approximate surface area is 194 Å². The van der Waals surface area contributed by atoms with E-state index in [0.717, 1.165) is 29.3 Å². The molecule has 0 aliphatic carbocycles.